The van der Waals surface area contributed by atoms with E-state index in [1.807, 2.05) is 0 Å². The lowest BCUT2D eigenvalue weighted by Crippen LogP contribution is -2.36. The van der Waals surface area contributed by atoms with Crippen LogP contribution in [0.25, 0.3) is 0 Å². The summed E-state index contributed by atoms with van der Waals surface area (Å²) in [5.41, 5.74) is 0. The summed E-state index contributed by atoms with van der Waals surface area (Å²) in [6.45, 7) is 13.7. The summed E-state index contributed by atoms with van der Waals surface area (Å²) in [5.74, 6) is 0.778. The van der Waals surface area contributed by atoms with Crippen LogP contribution in [0.3, 0.4) is 0 Å². The Kier molecular flexibility index (Phi) is 4.71. The fourth-order valence-corrected chi connectivity index (χ4v) is 1.22. The summed E-state index contributed by atoms with van der Waals surface area (Å²) in [5, 5.41) is 0. The van der Waals surface area contributed by atoms with Gasteiger partial charge < -0.3 is 4.90 Å². The first-order valence-corrected chi connectivity index (χ1v) is 4.37. The van der Waals surface area contributed by atoms with Crippen molar-refractivity contribution >= 4 is 0 Å². The third-order valence-electron chi connectivity index (χ3n) is 2.35. The van der Waals surface area contributed by atoms with Gasteiger partial charge in [0, 0.05) is 6.04 Å². The van der Waals surface area contributed by atoms with Crippen molar-refractivity contribution in [2.24, 2.45) is 5.92 Å². The lowest BCUT2D eigenvalue weighted by atomic mass is 10.1. The Bertz CT molecular complexity index is 74.8. The minimum atomic E-state index is 0.731. The van der Waals surface area contributed by atoms with Crippen LogP contribution in [0, 0.1) is 5.92 Å². The molecular formula is C9H21N. The van der Waals surface area contributed by atoms with E-state index in [4.69, 9.17) is 0 Å². The molecule has 0 aromatic rings. The minimum Gasteiger partial charge on any atom is -0.301 e. The van der Waals surface area contributed by atoms with Crippen molar-refractivity contribution in [3.05, 3.63) is 0 Å². The molecule has 0 aliphatic rings. The van der Waals surface area contributed by atoms with E-state index < -0.39 is 0 Å². The molecular weight excluding hydrogens is 122 g/mol. The molecule has 0 saturated carbocycles. The van der Waals surface area contributed by atoms with Crippen molar-refractivity contribution in [2.75, 3.05) is 13.1 Å². The maximum Gasteiger partial charge on any atom is 0.00896 e. The first-order valence-electron chi connectivity index (χ1n) is 4.37. The van der Waals surface area contributed by atoms with Gasteiger partial charge >= 0.3 is 0 Å². The zero-order valence-electron chi connectivity index (χ0n) is 8.02. The fraction of sp³-hybridized carbons (Fsp3) is 1.00. The first kappa shape index (κ1) is 9.96. The second kappa shape index (κ2) is 4.73. The molecule has 0 saturated heterocycles. The zero-order chi connectivity index (χ0) is 8.15. The normalized spacial score (nSPS) is 14.7. The van der Waals surface area contributed by atoms with Gasteiger partial charge in [-0.1, -0.05) is 27.7 Å². The van der Waals surface area contributed by atoms with E-state index in [0.29, 0.717) is 0 Å². The van der Waals surface area contributed by atoms with Crippen LogP contribution in [0.4, 0.5) is 0 Å². The number of hydrogen-bond donors (Lipinski definition) is 0. The minimum absolute atomic E-state index is 0.731. The van der Waals surface area contributed by atoms with E-state index in [2.05, 4.69) is 39.5 Å². The summed E-state index contributed by atoms with van der Waals surface area (Å²) in [7, 11) is 0. The van der Waals surface area contributed by atoms with Gasteiger partial charge in [-0.3, -0.25) is 0 Å². The highest BCUT2D eigenvalue weighted by atomic mass is 15.1. The number of hydrogen-bond acceptors (Lipinski definition) is 1. The molecule has 0 aromatic carbocycles. The topological polar surface area (TPSA) is 3.24 Å². The molecule has 0 N–H and O–H groups in total. The van der Waals surface area contributed by atoms with Crippen molar-refractivity contribution in [1.82, 2.24) is 4.90 Å². The summed E-state index contributed by atoms with van der Waals surface area (Å²) in [4.78, 5) is 2.49. The highest BCUT2D eigenvalue weighted by Gasteiger charge is 2.12. The van der Waals surface area contributed by atoms with Crippen LogP contribution in [0.2, 0.25) is 0 Å². The summed E-state index contributed by atoms with van der Waals surface area (Å²) in [6.07, 6.45) is 0. The summed E-state index contributed by atoms with van der Waals surface area (Å²) >= 11 is 0. The Morgan fingerprint density at radius 2 is 1.40 bits per heavy atom. The van der Waals surface area contributed by atoms with E-state index in [1.54, 1.807) is 0 Å². The van der Waals surface area contributed by atoms with Crippen molar-refractivity contribution in [3.8, 4) is 0 Å². The lowest BCUT2D eigenvalue weighted by Gasteiger charge is -2.29. The van der Waals surface area contributed by atoms with Crippen molar-refractivity contribution in [1.29, 1.82) is 0 Å². The molecule has 0 aliphatic heterocycles. The highest BCUT2D eigenvalue weighted by Crippen LogP contribution is 2.08. The van der Waals surface area contributed by atoms with Crippen LogP contribution in [0.1, 0.15) is 34.6 Å². The van der Waals surface area contributed by atoms with Crippen LogP contribution >= 0.6 is 0 Å². The van der Waals surface area contributed by atoms with E-state index in [9.17, 15) is 0 Å². The van der Waals surface area contributed by atoms with Crippen molar-refractivity contribution < 1.29 is 0 Å². The maximum atomic E-state index is 2.49. The zero-order valence-corrected chi connectivity index (χ0v) is 8.02. The molecule has 0 fully saturated rings. The molecule has 0 bridgehead atoms. The third-order valence-corrected chi connectivity index (χ3v) is 2.35. The van der Waals surface area contributed by atoms with Crippen LogP contribution in [0.5, 0.6) is 0 Å². The average Bonchev–Trinajstić information content (AvgIpc) is 1.90. The quantitative estimate of drug-likeness (QED) is 0.584. The van der Waals surface area contributed by atoms with E-state index >= 15 is 0 Å². The summed E-state index contributed by atoms with van der Waals surface area (Å²) < 4.78 is 0. The molecule has 10 heavy (non-hydrogen) atoms. The van der Waals surface area contributed by atoms with E-state index in [1.165, 1.54) is 13.1 Å². The first-order chi connectivity index (χ1) is 4.63. The summed E-state index contributed by atoms with van der Waals surface area (Å²) in [6, 6.07) is 0.731. The largest absolute Gasteiger partial charge is 0.301 e. The molecule has 0 amide bonds. The molecule has 1 heteroatoms. The predicted molar refractivity (Wildman–Crippen MR) is 47.2 cm³/mol. The Balaban J connectivity index is 3.76. The average molecular weight is 143 g/mol. The highest BCUT2D eigenvalue weighted by molar-refractivity contribution is 4.67. The van der Waals surface area contributed by atoms with Crippen molar-refractivity contribution in [2.45, 2.75) is 40.7 Å². The van der Waals surface area contributed by atoms with Gasteiger partial charge in [-0.2, -0.15) is 0 Å². The van der Waals surface area contributed by atoms with Gasteiger partial charge in [-0.05, 0) is 25.9 Å². The SMILES string of the molecule is CCN(CC)C(C)C(C)C. The smallest absolute Gasteiger partial charge is 0.00896 e. The number of nitrogens with zero attached hydrogens (tertiary/aromatic N) is 1. The number of rotatable bonds is 4. The van der Waals surface area contributed by atoms with Gasteiger partial charge in [0.1, 0.15) is 0 Å². The van der Waals surface area contributed by atoms with Gasteiger partial charge in [0.15, 0.2) is 0 Å². The molecule has 1 atom stereocenters. The second-order valence-corrected chi connectivity index (χ2v) is 3.21. The molecule has 0 heterocycles. The second-order valence-electron chi connectivity index (χ2n) is 3.21. The maximum absolute atomic E-state index is 2.49. The lowest BCUT2D eigenvalue weighted by molar-refractivity contribution is 0.186. The molecule has 1 nitrogen and oxygen atoms in total. The van der Waals surface area contributed by atoms with Crippen LogP contribution < -0.4 is 0 Å². The monoisotopic (exact) mass is 143 g/mol. The Morgan fingerprint density at radius 1 is 1.00 bits per heavy atom. The Labute approximate surface area is 65.4 Å². The molecule has 0 radical (unpaired) electrons. The van der Waals surface area contributed by atoms with Gasteiger partial charge in [-0.15, -0.1) is 0 Å². The molecule has 0 aromatic heterocycles. The van der Waals surface area contributed by atoms with Gasteiger partial charge in [0.2, 0.25) is 0 Å². The predicted octanol–water partition coefficient (Wildman–Crippen LogP) is 2.37. The van der Waals surface area contributed by atoms with E-state index in [0.717, 1.165) is 12.0 Å². The third kappa shape index (κ3) is 2.70. The molecule has 0 spiro atoms. The van der Waals surface area contributed by atoms with E-state index in [-0.39, 0.29) is 0 Å². The Morgan fingerprint density at radius 3 is 1.50 bits per heavy atom. The van der Waals surface area contributed by atoms with Crippen LogP contribution in [-0.2, 0) is 0 Å². The van der Waals surface area contributed by atoms with Gasteiger partial charge in [0.25, 0.3) is 0 Å². The van der Waals surface area contributed by atoms with Crippen LogP contribution in [-0.4, -0.2) is 24.0 Å². The van der Waals surface area contributed by atoms with Crippen LogP contribution in [0.15, 0.2) is 0 Å². The van der Waals surface area contributed by atoms with Crippen molar-refractivity contribution in [3.63, 3.8) is 0 Å². The fourth-order valence-electron chi connectivity index (χ4n) is 1.22. The standard InChI is InChI=1S/C9H21N/c1-6-10(7-2)9(5)8(3)4/h8-9H,6-7H2,1-5H3. The molecule has 0 aliphatic carbocycles. The molecule has 1 unspecified atom stereocenters. The molecule has 62 valence electrons. The van der Waals surface area contributed by atoms with Gasteiger partial charge in [-0.25, -0.2) is 0 Å². The molecule has 0 rings (SSSR count). The Hall–Kier alpha value is -0.0400. The van der Waals surface area contributed by atoms with Gasteiger partial charge in [0.05, 0.1) is 0 Å².